The molecule has 1 aromatic carbocycles. The molecule has 2 N–H and O–H groups in total. The molecule has 0 aliphatic rings. The van der Waals surface area contributed by atoms with Crippen LogP contribution in [0.15, 0.2) is 18.2 Å². The highest BCUT2D eigenvalue weighted by Gasteiger charge is 2.18. The molecule has 0 heterocycles. The summed E-state index contributed by atoms with van der Waals surface area (Å²) in [5.41, 5.74) is 0.866. The first-order valence-electron chi connectivity index (χ1n) is 5.70. The Morgan fingerprint density at radius 1 is 1.28 bits per heavy atom. The number of nitrogens with one attached hydrogen (secondary N) is 1. The van der Waals surface area contributed by atoms with Crippen molar-refractivity contribution in [2.45, 2.75) is 25.9 Å². The smallest absolute Gasteiger partial charge is 0.320 e. The van der Waals surface area contributed by atoms with Crippen LogP contribution >= 0.6 is 0 Å². The van der Waals surface area contributed by atoms with Gasteiger partial charge in [-0.2, -0.15) is 0 Å². The lowest BCUT2D eigenvalue weighted by Crippen LogP contribution is -2.35. The molecule has 0 aliphatic carbocycles. The fourth-order valence-electron chi connectivity index (χ4n) is 1.71. The van der Waals surface area contributed by atoms with Crippen molar-refractivity contribution in [3.63, 3.8) is 0 Å². The van der Waals surface area contributed by atoms with E-state index in [0.29, 0.717) is 11.5 Å². The minimum Gasteiger partial charge on any atom is -0.497 e. The Hall–Kier alpha value is -1.75. The number of methoxy groups -OCH3 is 2. The molecule has 18 heavy (non-hydrogen) atoms. The van der Waals surface area contributed by atoms with Crippen LogP contribution in [0.2, 0.25) is 0 Å². The summed E-state index contributed by atoms with van der Waals surface area (Å²) in [6.45, 7) is 3.49. The summed E-state index contributed by atoms with van der Waals surface area (Å²) in [5.74, 6) is 0.527. The third-order valence-electron chi connectivity index (χ3n) is 2.77. The third kappa shape index (κ3) is 3.37. The molecule has 0 aliphatic heterocycles. The van der Waals surface area contributed by atoms with Gasteiger partial charge in [-0.3, -0.25) is 10.1 Å². The zero-order valence-electron chi connectivity index (χ0n) is 11.1. The number of carbonyl (C=O) groups is 1. The molecular formula is C13H19NO4. The molecular weight excluding hydrogens is 234 g/mol. The number of ether oxygens (including phenoxy) is 2. The van der Waals surface area contributed by atoms with Crippen LogP contribution in [0.3, 0.4) is 0 Å². The van der Waals surface area contributed by atoms with E-state index in [0.717, 1.165) is 5.56 Å². The van der Waals surface area contributed by atoms with Crippen LogP contribution in [-0.4, -0.2) is 31.3 Å². The molecule has 0 bridgehead atoms. The first kappa shape index (κ1) is 14.3. The number of hydrogen-bond donors (Lipinski definition) is 2. The molecule has 1 rings (SSSR count). The van der Waals surface area contributed by atoms with Crippen LogP contribution < -0.4 is 14.8 Å². The van der Waals surface area contributed by atoms with Crippen molar-refractivity contribution in [3.05, 3.63) is 23.8 Å². The van der Waals surface area contributed by atoms with E-state index in [1.54, 1.807) is 33.3 Å². The standard InChI is InChI=1S/C13H19NO4/c1-8(14-9(2)13(15)16)11-7-10(17-3)5-6-12(11)18-4/h5-9,14H,1-4H3,(H,15,16). The van der Waals surface area contributed by atoms with Gasteiger partial charge in [0.05, 0.1) is 14.2 Å². The highest BCUT2D eigenvalue weighted by atomic mass is 16.5. The van der Waals surface area contributed by atoms with E-state index >= 15 is 0 Å². The Kier molecular flexibility index (Phi) is 4.97. The maximum absolute atomic E-state index is 10.8. The van der Waals surface area contributed by atoms with E-state index < -0.39 is 12.0 Å². The fourth-order valence-corrected chi connectivity index (χ4v) is 1.71. The quantitative estimate of drug-likeness (QED) is 0.809. The maximum Gasteiger partial charge on any atom is 0.320 e. The van der Waals surface area contributed by atoms with Crippen molar-refractivity contribution < 1.29 is 19.4 Å². The van der Waals surface area contributed by atoms with Crippen LogP contribution in [0.5, 0.6) is 11.5 Å². The van der Waals surface area contributed by atoms with Crippen LogP contribution in [0.25, 0.3) is 0 Å². The van der Waals surface area contributed by atoms with Gasteiger partial charge in [0.15, 0.2) is 0 Å². The van der Waals surface area contributed by atoms with Crippen LogP contribution in [0.4, 0.5) is 0 Å². The van der Waals surface area contributed by atoms with Gasteiger partial charge in [-0.15, -0.1) is 0 Å². The Labute approximate surface area is 107 Å². The SMILES string of the molecule is COc1ccc(OC)c(C(C)NC(C)C(=O)O)c1. The normalized spacial score (nSPS) is 13.8. The molecule has 0 saturated carbocycles. The first-order valence-corrected chi connectivity index (χ1v) is 5.70. The minimum atomic E-state index is -0.885. The van der Waals surface area contributed by atoms with Gasteiger partial charge < -0.3 is 14.6 Å². The zero-order valence-corrected chi connectivity index (χ0v) is 11.1. The predicted octanol–water partition coefficient (Wildman–Crippen LogP) is 1.83. The molecule has 5 nitrogen and oxygen atoms in total. The summed E-state index contributed by atoms with van der Waals surface area (Å²) in [6.07, 6.45) is 0. The Morgan fingerprint density at radius 3 is 2.44 bits per heavy atom. The number of benzene rings is 1. The number of hydrogen-bond acceptors (Lipinski definition) is 4. The van der Waals surface area contributed by atoms with E-state index in [4.69, 9.17) is 14.6 Å². The molecule has 5 heteroatoms. The van der Waals surface area contributed by atoms with Crippen molar-refractivity contribution in [2.75, 3.05) is 14.2 Å². The summed E-state index contributed by atoms with van der Waals surface area (Å²) in [5, 5.41) is 11.9. The lowest BCUT2D eigenvalue weighted by Gasteiger charge is -2.20. The van der Waals surface area contributed by atoms with Gasteiger partial charge in [0.1, 0.15) is 17.5 Å². The van der Waals surface area contributed by atoms with Gasteiger partial charge in [-0.1, -0.05) is 0 Å². The molecule has 0 fully saturated rings. The van der Waals surface area contributed by atoms with Crippen molar-refractivity contribution in [1.29, 1.82) is 0 Å². The van der Waals surface area contributed by atoms with Gasteiger partial charge in [-0.05, 0) is 32.0 Å². The van der Waals surface area contributed by atoms with Crippen molar-refractivity contribution in [1.82, 2.24) is 5.32 Å². The van der Waals surface area contributed by atoms with Gasteiger partial charge in [-0.25, -0.2) is 0 Å². The molecule has 0 amide bonds. The number of aliphatic carboxylic acids is 1. The number of carboxylic acids is 1. The van der Waals surface area contributed by atoms with Crippen LogP contribution in [0.1, 0.15) is 25.5 Å². The molecule has 2 unspecified atom stereocenters. The highest BCUT2D eigenvalue weighted by molar-refractivity contribution is 5.72. The summed E-state index contributed by atoms with van der Waals surface area (Å²) < 4.78 is 10.4. The van der Waals surface area contributed by atoms with Crippen LogP contribution in [0, 0.1) is 0 Å². The Morgan fingerprint density at radius 2 is 1.94 bits per heavy atom. The van der Waals surface area contributed by atoms with Gasteiger partial charge in [0.25, 0.3) is 0 Å². The van der Waals surface area contributed by atoms with E-state index in [9.17, 15) is 4.79 Å². The summed E-state index contributed by atoms with van der Waals surface area (Å²) in [6, 6.07) is 4.66. The second-order valence-corrected chi connectivity index (χ2v) is 4.06. The summed E-state index contributed by atoms with van der Waals surface area (Å²) in [4.78, 5) is 10.8. The van der Waals surface area contributed by atoms with E-state index in [1.807, 2.05) is 13.0 Å². The Bertz CT molecular complexity index is 419. The maximum atomic E-state index is 10.8. The number of rotatable bonds is 6. The highest BCUT2D eigenvalue weighted by Crippen LogP contribution is 2.29. The minimum absolute atomic E-state index is 0.152. The molecule has 0 saturated heterocycles. The summed E-state index contributed by atoms with van der Waals surface area (Å²) in [7, 11) is 3.17. The lowest BCUT2D eigenvalue weighted by molar-refractivity contribution is -0.139. The van der Waals surface area contributed by atoms with Crippen LogP contribution in [-0.2, 0) is 4.79 Å². The predicted molar refractivity (Wildman–Crippen MR) is 68.2 cm³/mol. The molecule has 1 aromatic rings. The second-order valence-electron chi connectivity index (χ2n) is 4.06. The summed E-state index contributed by atoms with van der Waals surface area (Å²) >= 11 is 0. The van der Waals surface area contributed by atoms with E-state index in [1.165, 1.54) is 0 Å². The molecule has 0 aromatic heterocycles. The average Bonchev–Trinajstić information content (AvgIpc) is 2.37. The monoisotopic (exact) mass is 253 g/mol. The van der Waals surface area contributed by atoms with Gasteiger partial charge >= 0.3 is 5.97 Å². The second kappa shape index (κ2) is 6.26. The van der Waals surface area contributed by atoms with Gasteiger partial charge in [0.2, 0.25) is 0 Å². The molecule has 100 valence electrons. The van der Waals surface area contributed by atoms with E-state index in [-0.39, 0.29) is 6.04 Å². The van der Waals surface area contributed by atoms with E-state index in [2.05, 4.69) is 5.32 Å². The first-order chi connectivity index (χ1) is 8.49. The van der Waals surface area contributed by atoms with Crippen molar-refractivity contribution in [3.8, 4) is 11.5 Å². The van der Waals surface area contributed by atoms with Crippen molar-refractivity contribution in [2.24, 2.45) is 0 Å². The third-order valence-corrected chi connectivity index (χ3v) is 2.77. The lowest BCUT2D eigenvalue weighted by atomic mass is 10.1. The number of carboxylic acid groups (broad SMARTS) is 1. The topological polar surface area (TPSA) is 67.8 Å². The zero-order chi connectivity index (χ0) is 13.7. The molecule has 0 spiro atoms. The Balaban J connectivity index is 2.95. The fraction of sp³-hybridized carbons (Fsp3) is 0.462. The molecule has 0 radical (unpaired) electrons. The molecule has 2 atom stereocenters. The van der Waals surface area contributed by atoms with Gasteiger partial charge in [0, 0.05) is 11.6 Å². The van der Waals surface area contributed by atoms with Crippen molar-refractivity contribution >= 4 is 5.97 Å². The average molecular weight is 253 g/mol. The largest absolute Gasteiger partial charge is 0.497 e.